The molecule has 2 aliphatic heterocycles. The van der Waals surface area contributed by atoms with Crippen molar-refractivity contribution in [2.45, 2.75) is 61.5 Å². The minimum Gasteiger partial charge on any atom is -0.508 e. The standard InChI is InChI=1S/C28H34N4O6S2/c1-28(2)23(27(37)38)32-24(34)20(14-16-6-4-3-5-7-16)30-25(35)21(15-39-40-28)31-26(36)22-19(12-13-29-22)17-8-10-18(33)11-9-17/h3-11,19-23,29,33H,12-15H2,1-2H3,(H,30,35)(H,31,36)(H,32,34)(H,37,38)/t19-,20?,21+,22-,23-/m0/s1. The zero-order chi connectivity index (χ0) is 28.9. The maximum absolute atomic E-state index is 13.5. The van der Waals surface area contributed by atoms with Crippen LogP contribution in [0.2, 0.25) is 0 Å². The van der Waals surface area contributed by atoms with Gasteiger partial charge in [-0.1, -0.05) is 64.1 Å². The third kappa shape index (κ3) is 7.29. The highest BCUT2D eigenvalue weighted by Gasteiger charge is 2.41. The SMILES string of the molecule is CC1(C)SSC[C@@H](NC(=O)[C@H]2NCC[C@H]2c2ccc(O)cc2)C(=O)NC(Cc2ccccc2)C(=O)N[C@H]1C(=O)O. The number of carbonyl (C=O) groups excluding carboxylic acids is 3. The van der Waals surface area contributed by atoms with Crippen molar-refractivity contribution in [1.29, 1.82) is 0 Å². The lowest BCUT2D eigenvalue weighted by molar-refractivity contribution is -0.143. The number of benzene rings is 2. The molecule has 40 heavy (non-hydrogen) atoms. The van der Waals surface area contributed by atoms with Gasteiger partial charge in [0, 0.05) is 18.1 Å². The Hall–Kier alpha value is -3.22. The highest BCUT2D eigenvalue weighted by molar-refractivity contribution is 8.77. The number of aliphatic carboxylic acids is 1. The average molecular weight is 587 g/mol. The van der Waals surface area contributed by atoms with Crippen LogP contribution < -0.4 is 21.3 Å². The summed E-state index contributed by atoms with van der Waals surface area (Å²) in [5.41, 5.74) is 1.70. The van der Waals surface area contributed by atoms with E-state index in [0.29, 0.717) is 13.0 Å². The van der Waals surface area contributed by atoms with Gasteiger partial charge in [0.2, 0.25) is 17.7 Å². The van der Waals surface area contributed by atoms with E-state index in [2.05, 4.69) is 21.3 Å². The predicted octanol–water partition coefficient (Wildman–Crippen LogP) is 1.79. The van der Waals surface area contributed by atoms with Gasteiger partial charge >= 0.3 is 5.97 Å². The van der Waals surface area contributed by atoms with Gasteiger partial charge in [-0.15, -0.1) is 0 Å². The molecule has 2 heterocycles. The first-order chi connectivity index (χ1) is 19.0. The van der Waals surface area contributed by atoms with Crippen molar-refractivity contribution in [2.24, 2.45) is 0 Å². The molecule has 0 radical (unpaired) electrons. The quantitative estimate of drug-likeness (QED) is 0.278. The van der Waals surface area contributed by atoms with E-state index in [-0.39, 0.29) is 29.7 Å². The van der Waals surface area contributed by atoms with Crippen LogP contribution in [-0.2, 0) is 25.6 Å². The van der Waals surface area contributed by atoms with Crippen LogP contribution in [-0.4, -0.2) is 75.1 Å². The number of aromatic hydroxyl groups is 1. The molecule has 214 valence electrons. The molecule has 2 aromatic rings. The largest absolute Gasteiger partial charge is 0.508 e. The Balaban J connectivity index is 1.56. The second-order valence-corrected chi connectivity index (χ2v) is 13.5. The van der Waals surface area contributed by atoms with E-state index in [9.17, 15) is 29.4 Å². The Labute approximate surface area is 240 Å². The lowest BCUT2D eigenvalue weighted by Gasteiger charge is -2.31. The Morgan fingerprint density at radius 1 is 1.02 bits per heavy atom. The molecule has 5 atom stereocenters. The second-order valence-electron chi connectivity index (χ2n) is 10.5. The molecule has 0 saturated carbocycles. The molecular formula is C28H34N4O6S2. The van der Waals surface area contributed by atoms with Crippen LogP contribution in [0.25, 0.3) is 0 Å². The molecule has 3 amide bonds. The zero-order valence-corrected chi connectivity index (χ0v) is 23.9. The third-order valence-electron chi connectivity index (χ3n) is 7.11. The Kier molecular flexibility index (Phi) is 9.64. The van der Waals surface area contributed by atoms with Gasteiger partial charge in [0.25, 0.3) is 0 Å². The van der Waals surface area contributed by atoms with Gasteiger partial charge in [-0.2, -0.15) is 0 Å². The van der Waals surface area contributed by atoms with Crippen molar-refractivity contribution in [2.75, 3.05) is 12.3 Å². The maximum Gasteiger partial charge on any atom is 0.327 e. The average Bonchev–Trinajstić information content (AvgIpc) is 3.40. The van der Waals surface area contributed by atoms with Crippen molar-refractivity contribution < 1.29 is 29.4 Å². The highest BCUT2D eigenvalue weighted by atomic mass is 33.1. The number of phenolic OH excluding ortho intramolecular Hbond substituents is 1. The first-order valence-corrected chi connectivity index (χ1v) is 15.4. The molecule has 2 saturated heterocycles. The minimum absolute atomic E-state index is 0.139. The van der Waals surface area contributed by atoms with Gasteiger partial charge in [0.05, 0.1) is 10.8 Å². The molecule has 0 spiro atoms. The van der Waals surface area contributed by atoms with Crippen molar-refractivity contribution in [3.05, 3.63) is 65.7 Å². The fourth-order valence-electron chi connectivity index (χ4n) is 4.91. The number of carboxylic acid groups (broad SMARTS) is 1. The number of rotatable bonds is 6. The summed E-state index contributed by atoms with van der Waals surface area (Å²) in [6.07, 6.45) is 0.869. The fourth-order valence-corrected chi connectivity index (χ4v) is 7.72. The molecular weight excluding hydrogens is 552 g/mol. The first-order valence-electron chi connectivity index (χ1n) is 13.1. The zero-order valence-electron chi connectivity index (χ0n) is 22.3. The van der Waals surface area contributed by atoms with Crippen molar-refractivity contribution >= 4 is 45.3 Å². The van der Waals surface area contributed by atoms with Gasteiger partial charge in [0.1, 0.15) is 23.9 Å². The van der Waals surface area contributed by atoms with Crippen LogP contribution in [0.1, 0.15) is 37.3 Å². The van der Waals surface area contributed by atoms with E-state index >= 15 is 0 Å². The van der Waals surface area contributed by atoms with E-state index in [4.69, 9.17) is 0 Å². The molecule has 12 heteroatoms. The topological polar surface area (TPSA) is 157 Å². The van der Waals surface area contributed by atoms with Crippen LogP contribution in [0.3, 0.4) is 0 Å². The summed E-state index contributed by atoms with van der Waals surface area (Å²) in [6, 6.07) is 12.1. The Bertz CT molecular complexity index is 1230. The molecule has 0 aromatic heterocycles. The normalized spacial score (nSPS) is 27.1. The summed E-state index contributed by atoms with van der Waals surface area (Å²) in [4.78, 5) is 52.4. The number of carbonyl (C=O) groups is 4. The third-order valence-corrected chi connectivity index (χ3v) is 10.4. The van der Waals surface area contributed by atoms with E-state index < -0.39 is 46.7 Å². The maximum atomic E-state index is 13.5. The van der Waals surface area contributed by atoms with E-state index in [1.165, 1.54) is 21.6 Å². The monoisotopic (exact) mass is 586 g/mol. The van der Waals surface area contributed by atoms with Crippen LogP contribution in [0.4, 0.5) is 0 Å². The van der Waals surface area contributed by atoms with Crippen LogP contribution in [0, 0.1) is 0 Å². The molecule has 2 aromatic carbocycles. The van der Waals surface area contributed by atoms with Gasteiger partial charge < -0.3 is 31.5 Å². The summed E-state index contributed by atoms with van der Waals surface area (Å²) in [7, 11) is 2.51. The van der Waals surface area contributed by atoms with Crippen molar-refractivity contribution in [1.82, 2.24) is 21.3 Å². The van der Waals surface area contributed by atoms with Gasteiger partial charge in [-0.3, -0.25) is 14.4 Å². The molecule has 4 rings (SSSR count). The Morgan fingerprint density at radius 3 is 2.40 bits per heavy atom. The number of phenols is 1. The number of hydrogen-bond acceptors (Lipinski definition) is 8. The lowest BCUT2D eigenvalue weighted by Crippen LogP contribution is -2.59. The Morgan fingerprint density at radius 2 is 1.73 bits per heavy atom. The molecule has 0 aliphatic carbocycles. The van der Waals surface area contributed by atoms with Crippen LogP contribution >= 0.6 is 21.6 Å². The molecule has 0 bridgehead atoms. The molecule has 6 N–H and O–H groups in total. The predicted molar refractivity (Wildman–Crippen MR) is 155 cm³/mol. The molecule has 2 fully saturated rings. The van der Waals surface area contributed by atoms with Gasteiger partial charge in [0.15, 0.2) is 0 Å². The number of nitrogens with one attached hydrogen (secondary N) is 4. The summed E-state index contributed by atoms with van der Waals surface area (Å²) < 4.78 is -0.914. The highest BCUT2D eigenvalue weighted by Crippen LogP contribution is 2.39. The number of hydrogen-bond donors (Lipinski definition) is 6. The van der Waals surface area contributed by atoms with E-state index in [1.807, 2.05) is 30.3 Å². The van der Waals surface area contributed by atoms with Gasteiger partial charge in [-0.05, 0) is 50.1 Å². The second kappa shape index (κ2) is 13.0. The minimum atomic E-state index is -1.20. The van der Waals surface area contributed by atoms with Crippen molar-refractivity contribution in [3.63, 3.8) is 0 Å². The van der Waals surface area contributed by atoms with E-state index in [0.717, 1.165) is 11.1 Å². The van der Waals surface area contributed by atoms with Gasteiger partial charge in [-0.25, -0.2) is 4.79 Å². The number of carboxylic acids is 1. The molecule has 10 nitrogen and oxygen atoms in total. The molecule has 2 aliphatic rings. The van der Waals surface area contributed by atoms with Crippen LogP contribution in [0.5, 0.6) is 5.75 Å². The smallest absolute Gasteiger partial charge is 0.327 e. The summed E-state index contributed by atoms with van der Waals surface area (Å²) >= 11 is 0. The fraction of sp³-hybridized carbons (Fsp3) is 0.429. The summed E-state index contributed by atoms with van der Waals surface area (Å²) in [5, 5.41) is 31.0. The van der Waals surface area contributed by atoms with E-state index in [1.54, 1.807) is 38.1 Å². The first kappa shape index (κ1) is 29.8. The summed E-state index contributed by atoms with van der Waals surface area (Å²) in [6.45, 7) is 4.07. The van der Waals surface area contributed by atoms with Crippen molar-refractivity contribution in [3.8, 4) is 5.75 Å². The lowest BCUT2D eigenvalue weighted by atomic mass is 9.91. The number of amides is 3. The van der Waals surface area contributed by atoms with Crippen LogP contribution in [0.15, 0.2) is 54.6 Å². The summed E-state index contributed by atoms with van der Waals surface area (Å²) in [5.74, 6) is -2.48. The molecule has 1 unspecified atom stereocenters.